The molecule has 0 amide bonds. The van der Waals surface area contributed by atoms with Crippen molar-refractivity contribution in [3.8, 4) is 11.5 Å². The molecule has 1 rings (SSSR count). The molecule has 0 spiro atoms. The van der Waals surface area contributed by atoms with Gasteiger partial charge < -0.3 is 14.6 Å². The van der Waals surface area contributed by atoms with Crippen LogP contribution in [0.2, 0.25) is 0 Å². The predicted molar refractivity (Wildman–Crippen MR) is 69.3 cm³/mol. The summed E-state index contributed by atoms with van der Waals surface area (Å²) < 4.78 is 11.1. The van der Waals surface area contributed by atoms with Gasteiger partial charge in [0.2, 0.25) is 0 Å². The molecular formula is C14H20O4. The zero-order valence-electron chi connectivity index (χ0n) is 11.3. The van der Waals surface area contributed by atoms with Gasteiger partial charge in [-0.3, -0.25) is 4.79 Å². The van der Waals surface area contributed by atoms with E-state index >= 15 is 0 Å². The molecule has 4 nitrogen and oxygen atoms in total. The van der Waals surface area contributed by atoms with E-state index in [4.69, 9.17) is 14.6 Å². The average Bonchev–Trinajstić information content (AvgIpc) is 2.19. The summed E-state index contributed by atoms with van der Waals surface area (Å²) >= 11 is 0. The maximum Gasteiger partial charge on any atom is 0.307 e. The lowest BCUT2D eigenvalue weighted by Crippen LogP contribution is -2.11. The van der Waals surface area contributed by atoms with Gasteiger partial charge in [-0.05, 0) is 45.9 Å². The smallest absolute Gasteiger partial charge is 0.307 e. The summed E-state index contributed by atoms with van der Waals surface area (Å²) in [4.78, 5) is 10.8. The Morgan fingerprint density at radius 1 is 1.17 bits per heavy atom. The molecule has 0 atom stereocenters. The second-order valence-corrected chi connectivity index (χ2v) is 4.67. The van der Waals surface area contributed by atoms with Gasteiger partial charge in [-0.25, -0.2) is 0 Å². The molecule has 0 radical (unpaired) electrons. The van der Waals surface area contributed by atoms with Crippen molar-refractivity contribution in [1.29, 1.82) is 0 Å². The quantitative estimate of drug-likeness (QED) is 0.845. The number of carboxylic acids is 1. The van der Waals surface area contributed by atoms with Crippen molar-refractivity contribution in [3.05, 3.63) is 23.8 Å². The first-order valence-electron chi connectivity index (χ1n) is 6.06. The number of hydrogen-bond donors (Lipinski definition) is 1. The molecule has 0 aliphatic rings. The fraction of sp³-hybridized carbons (Fsp3) is 0.500. The molecule has 100 valence electrons. The van der Waals surface area contributed by atoms with Crippen LogP contribution >= 0.6 is 0 Å². The highest BCUT2D eigenvalue weighted by molar-refractivity contribution is 5.71. The number of carboxylic acid groups (broad SMARTS) is 1. The van der Waals surface area contributed by atoms with Crippen LogP contribution in [-0.4, -0.2) is 23.3 Å². The zero-order chi connectivity index (χ0) is 13.7. The van der Waals surface area contributed by atoms with Crippen LogP contribution in [0.5, 0.6) is 11.5 Å². The number of benzene rings is 1. The van der Waals surface area contributed by atoms with Crippen molar-refractivity contribution in [2.75, 3.05) is 0 Å². The number of hydrogen-bond acceptors (Lipinski definition) is 3. The molecule has 0 aromatic heterocycles. The third-order valence-electron chi connectivity index (χ3n) is 2.11. The van der Waals surface area contributed by atoms with E-state index in [0.29, 0.717) is 17.1 Å². The van der Waals surface area contributed by atoms with Crippen LogP contribution in [0, 0.1) is 0 Å². The van der Waals surface area contributed by atoms with E-state index < -0.39 is 5.97 Å². The number of rotatable bonds is 6. The largest absolute Gasteiger partial charge is 0.491 e. The Bertz CT molecular complexity index is 410. The maximum absolute atomic E-state index is 10.8. The van der Waals surface area contributed by atoms with Crippen LogP contribution in [0.25, 0.3) is 0 Å². The van der Waals surface area contributed by atoms with Crippen molar-refractivity contribution in [2.24, 2.45) is 0 Å². The Balaban J connectivity index is 2.99. The van der Waals surface area contributed by atoms with Crippen LogP contribution in [-0.2, 0) is 11.2 Å². The van der Waals surface area contributed by atoms with E-state index in [1.807, 2.05) is 27.7 Å². The van der Waals surface area contributed by atoms with Crippen LogP contribution < -0.4 is 9.47 Å². The van der Waals surface area contributed by atoms with Gasteiger partial charge >= 0.3 is 5.97 Å². The van der Waals surface area contributed by atoms with Crippen LogP contribution in [0.15, 0.2) is 18.2 Å². The third-order valence-corrected chi connectivity index (χ3v) is 2.11. The van der Waals surface area contributed by atoms with Gasteiger partial charge in [-0.1, -0.05) is 0 Å². The van der Waals surface area contributed by atoms with E-state index in [9.17, 15) is 4.79 Å². The first-order valence-corrected chi connectivity index (χ1v) is 6.06. The summed E-state index contributed by atoms with van der Waals surface area (Å²) in [6.45, 7) is 7.66. The van der Waals surface area contributed by atoms with E-state index in [1.165, 1.54) is 0 Å². The molecule has 0 aliphatic heterocycles. The summed E-state index contributed by atoms with van der Waals surface area (Å²) in [6, 6.07) is 5.28. The topological polar surface area (TPSA) is 55.8 Å². The van der Waals surface area contributed by atoms with E-state index in [0.717, 1.165) is 0 Å². The fourth-order valence-corrected chi connectivity index (χ4v) is 1.57. The summed E-state index contributed by atoms with van der Waals surface area (Å²) in [7, 11) is 0. The van der Waals surface area contributed by atoms with Crippen molar-refractivity contribution < 1.29 is 19.4 Å². The van der Waals surface area contributed by atoms with Crippen LogP contribution in [0.3, 0.4) is 0 Å². The molecule has 0 unspecified atom stereocenters. The number of carbonyl (C=O) groups is 1. The van der Waals surface area contributed by atoms with Gasteiger partial charge in [0.05, 0.1) is 18.6 Å². The van der Waals surface area contributed by atoms with Crippen LogP contribution in [0.1, 0.15) is 33.3 Å². The SMILES string of the molecule is CC(C)Oc1ccc(OC(C)C)c(CC(=O)O)c1. The first-order chi connectivity index (χ1) is 8.38. The molecule has 1 aromatic carbocycles. The van der Waals surface area contributed by atoms with Crippen molar-refractivity contribution in [3.63, 3.8) is 0 Å². The minimum atomic E-state index is -0.884. The van der Waals surface area contributed by atoms with E-state index in [2.05, 4.69) is 0 Å². The van der Waals surface area contributed by atoms with Crippen LogP contribution in [0.4, 0.5) is 0 Å². The first kappa shape index (κ1) is 14.4. The zero-order valence-corrected chi connectivity index (χ0v) is 11.3. The fourth-order valence-electron chi connectivity index (χ4n) is 1.57. The summed E-state index contributed by atoms with van der Waals surface area (Å²) in [5, 5.41) is 8.90. The molecule has 0 aliphatic carbocycles. The summed E-state index contributed by atoms with van der Waals surface area (Å²) in [5.74, 6) is 0.381. The lowest BCUT2D eigenvalue weighted by atomic mass is 10.1. The molecule has 0 bridgehead atoms. The van der Waals surface area contributed by atoms with Gasteiger partial charge in [0.1, 0.15) is 11.5 Å². The Morgan fingerprint density at radius 2 is 1.78 bits per heavy atom. The molecule has 0 saturated heterocycles. The molecule has 4 heteroatoms. The van der Waals surface area contributed by atoms with Gasteiger partial charge in [-0.2, -0.15) is 0 Å². The second kappa shape index (κ2) is 6.28. The lowest BCUT2D eigenvalue weighted by Gasteiger charge is -2.16. The Kier molecular flexibility index (Phi) is 5.01. The molecule has 0 fully saturated rings. The van der Waals surface area contributed by atoms with Gasteiger partial charge in [0.15, 0.2) is 0 Å². The standard InChI is InChI=1S/C14H20O4/c1-9(2)17-12-5-6-13(18-10(3)4)11(7-12)8-14(15)16/h5-7,9-10H,8H2,1-4H3,(H,15,16). The van der Waals surface area contributed by atoms with E-state index in [1.54, 1.807) is 18.2 Å². The number of aliphatic carboxylic acids is 1. The van der Waals surface area contributed by atoms with Gasteiger partial charge in [0, 0.05) is 5.56 Å². The van der Waals surface area contributed by atoms with Crippen molar-refractivity contribution >= 4 is 5.97 Å². The molecule has 0 saturated carbocycles. The second-order valence-electron chi connectivity index (χ2n) is 4.67. The average molecular weight is 252 g/mol. The van der Waals surface area contributed by atoms with Crippen molar-refractivity contribution in [2.45, 2.75) is 46.3 Å². The molecule has 1 N–H and O–H groups in total. The third kappa shape index (κ3) is 4.65. The van der Waals surface area contributed by atoms with Gasteiger partial charge in [-0.15, -0.1) is 0 Å². The molecule has 0 heterocycles. The monoisotopic (exact) mass is 252 g/mol. The molecular weight excluding hydrogens is 232 g/mol. The molecule has 1 aromatic rings. The predicted octanol–water partition coefficient (Wildman–Crippen LogP) is 2.89. The minimum absolute atomic E-state index is 0.00871. The highest BCUT2D eigenvalue weighted by atomic mass is 16.5. The molecule has 18 heavy (non-hydrogen) atoms. The van der Waals surface area contributed by atoms with E-state index in [-0.39, 0.29) is 18.6 Å². The highest BCUT2D eigenvalue weighted by Gasteiger charge is 2.11. The Labute approximate surface area is 108 Å². The van der Waals surface area contributed by atoms with Crippen molar-refractivity contribution in [1.82, 2.24) is 0 Å². The normalized spacial score (nSPS) is 10.8. The Hall–Kier alpha value is -1.71. The maximum atomic E-state index is 10.8. The lowest BCUT2D eigenvalue weighted by molar-refractivity contribution is -0.136. The summed E-state index contributed by atoms with van der Waals surface area (Å²) in [6.07, 6.45) is -0.00823. The highest BCUT2D eigenvalue weighted by Crippen LogP contribution is 2.26. The Morgan fingerprint density at radius 3 is 2.28 bits per heavy atom. The minimum Gasteiger partial charge on any atom is -0.491 e. The van der Waals surface area contributed by atoms with Gasteiger partial charge in [0.25, 0.3) is 0 Å². The summed E-state index contributed by atoms with van der Waals surface area (Å²) in [5.41, 5.74) is 0.634. The number of ether oxygens (including phenoxy) is 2.